The lowest BCUT2D eigenvalue weighted by Crippen LogP contribution is -2.49. The monoisotopic (exact) mass is 418 g/mol. The van der Waals surface area contributed by atoms with Gasteiger partial charge in [-0.05, 0) is 35.7 Å². The highest BCUT2D eigenvalue weighted by molar-refractivity contribution is 7.89. The summed E-state index contributed by atoms with van der Waals surface area (Å²) in [6, 6.07) is 13.6. The van der Waals surface area contributed by atoms with Gasteiger partial charge in [-0.2, -0.15) is 4.31 Å². The van der Waals surface area contributed by atoms with Gasteiger partial charge in [-0.3, -0.25) is 4.79 Å². The number of rotatable bonds is 8. The zero-order valence-electron chi connectivity index (χ0n) is 16.6. The van der Waals surface area contributed by atoms with Crippen LogP contribution in [0.1, 0.15) is 19.4 Å². The van der Waals surface area contributed by atoms with Gasteiger partial charge in [-0.1, -0.05) is 44.2 Å². The molecule has 8 nitrogen and oxygen atoms in total. The highest BCUT2D eigenvalue weighted by Crippen LogP contribution is 2.19. The Morgan fingerprint density at radius 1 is 1.03 bits per heavy atom. The molecule has 9 heteroatoms. The normalized spacial score (nSPS) is 12.6. The first-order valence-corrected chi connectivity index (χ1v) is 10.5. The van der Waals surface area contributed by atoms with Gasteiger partial charge in [-0.25, -0.2) is 13.2 Å². The van der Waals surface area contributed by atoms with Crippen LogP contribution in [-0.4, -0.2) is 37.8 Å². The molecule has 0 heterocycles. The van der Waals surface area contributed by atoms with Gasteiger partial charge in [0, 0.05) is 19.3 Å². The van der Waals surface area contributed by atoms with Crippen molar-refractivity contribution in [2.75, 3.05) is 12.4 Å². The Kier molecular flexibility index (Phi) is 7.35. The van der Waals surface area contributed by atoms with E-state index in [4.69, 9.17) is 5.73 Å². The lowest BCUT2D eigenvalue weighted by atomic mass is 10.0. The van der Waals surface area contributed by atoms with Crippen LogP contribution < -0.4 is 16.4 Å². The van der Waals surface area contributed by atoms with Crippen LogP contribution in [0.4, 0.5) is 10.5 Å². The summed E-state index contributed by atoms with van der Waals surface area (Å²) in [5, 5.41) is 5.06. The molecule has 0 bridgehead atoms. The van der Waals surface area contributed by atoms with E-state index in [2.05, 4.69) is 10.6 Å². The minimum atomic E-state index is -3.68. The molecule has 3 amide bonds. The molecule has 0 radical (unpaired) electrons. The van der Waals surface area contributed by atoms with Crippen LogP contribution in [-0.2, 0) is 21.4 Å². The van der Waals surface area contributed by atoms with Crippen molar-refractivity contribution in [2.24, 2.45) is 11.7 Å². The average Bonchev–Trinajstić information content (AvgIpc) is 2.66. The second kappa shape index (κ2) is 9.53. The Labute approximate surface area is 171 Å². The van der Waals surface area contributed by atoms with Crippen LogP contribution in [0.25, 0.3) is 0 Å². The van der Waals surface area contributed by atoms with Gasteiger partial charge >= 0.3 is 6.03 Å². The van der Waals surface area contributed by atoms with Crippen molar-refractivity contribution in [2.45, 2.75) is 31.3 Å². The second-order valence-electron chi connectivity index (χ2n) is 6.99. The largest absolute Gasteiger partial charge is 0.352 e. The van der Waals surface area contributed by atoms with Gasteiger partial charge in [0.15, 0.2) is 0 Å². The summed E-state index contributed by atoms with van der Waals surface area (Å²) in [5.74, 6) is -0.607. The fraction of sp³-hybridized carbons (Fsp3) is 0.300. The van der Waals surface area contributed by atoms with Crippen LogP contribution in [0.2, 0.25) is 0 Å². The highest BCUT2D eigenvalue weighted by atomic mass is 32.2. The van der Waals surface area contributed by atoms with Crippen LogP contribution >= 0.6 is 0 Å². The Balaban J connectivity index is 2.10. The van der Waals surface area contributed by atoms with Crippen molar-refractivity contribution >= 4 is 27.6 Å². The summed E-state index contributed by atoms with van der Waals surface area (Å²) in [4.78, 5) is 23.6. The molecule has 0 aromatic heterocycles. The lowest BCUT2D eigenvalue weighted by molar-refractivity contribution is -0.118. The number of carbonyl (C=O) groups excluding carboxylic acids is 2. The molecule has 2 rings (SSSR count). The van der Waals surface area contributed by atoms with Crippen LogP contribution in [0.5, 0.6) is 0 Å². The lowest BCUT2D eigenvalue weighted by Gasteiger charge is -2.21. The van der Waals surface area contributed by atoms with Gasteiger partial charge in [0.25, 0.3) is 0 Å². The molecule has 0 aliphatic heterocycles. The molecular weight excluding hydrogens is 392 g/mol. The summed E-state index contributed by atoms with van der Waals surface area (Å²) >= 11 is 0. The number of hydrogen-bond acceptors (Lipinski definition) is 4. The van der Waals surface area contributed by atoms with Crippen LogP contribution in [0.3, 0.4) is 0 Å². The zero-order chi connectivity index (χ0) is 21.6. The number of sulfonamides is 1. The van der Waals surface area contributed by atoms with E-state index < -0.39 is 28.0 Å². The predicted octanol–water partition coefficient (Wildman–Crippen LogP) is 2.14. The van der Waals surface area contributed by atoms with Crippen molar-refractivity contribution < 1.29 is 18.0 Å². The van der Waals surface area contributed by atoms with E-state index >= 15 is 0 Å². The molecule has 0 spiro atoms. The standard InChI is InChI=1S/C20H26N4O4S/c1-14(2)18(23-20(21)26)19(25)22-16-9-11-17(12-10-16)29(27,28)24(3)13-15-7-5-4-6-8-15/h4-12,14,18H,13H2,1-3H3,(H,22,25)(H3,21,23,26)/t18-/m1/s1. The van der Waals surface area contributed by atoms with Gasteiger partial charge in [0.1, 0.15) is 6.04 Å². The highest BCUT2D eigenvalue weighted by Gasteiger charge is 2.24. The Morgan fingerprint density at radius 2 is 1.62 bits per heavy atom. The molecule has 0 saturated heterocycles. The Hall–Kier alpha value is -2.91. The number of amides is 3. The van der Waals surface area contributed by atoms with Gasteiger partial charge in [0.05, 0.1) is 4.90 Å². The fourth-order valence-electron chi connectivity index (χ4n) is 2.72. The number of nitrogens with one attached hydrogen (secondary N) is 2. The van der Waals surface area contributed by atoms with E-state index in [0.29, 0.717) is 5.69 Å². The quantitative estimate of drug-likeness (QED) is 0.608. The van der Waals surface area contributed by atoms with E-state index in [1.807, 2.05) is 30.3 Å². The van der Waals surface area contributed by atoms with Gasteiger partial charge < -0.3 is 16.4 Å². The van der Waals surface area contributed by atoms with Crippen molar-refractivity contribution in [1.82, 2.24) is 9.62 Å². The first-order chi connectivity index (χ1) is 13.6. The molecular formula is C20H26N4O4S. The average molecular weight is 419 g/mol. The molecule has 2 aromatic rings. The Bertz CT molecular complexity index is 944. The number of urea groups is 1. The molecule has 29 heavy (non-hydrogen) atoms. The third-order valence-electron chi connectivity index (χ3n) is 4.32. The summed E-state index contributed by atoms with van der Waals surface area (Å²) in [6.07, 6.45) is 0. The molecule has 2 aromatic carbocycles. The molecule has 0 aliphatic carbocycles. The van der Waals surface area contributed by atoms with Crippen molar-refractivity contribution in [3.8, 4) is 0 Å². The maximum absolute atomic E-state index is 12.8. The molecule has 1 atom stereocenters. The number of hydrogen-bond donors (Lipinski definition) is 3. The maximum Gasteiger partial charge on any atom is 0.312 e. The number of benzene rings is 2. The maximum atomic E-state index is 12.8. The first-order valence-electron chi connectivity index (χ1n) is 9.08. The molecule has 0 fully saturated rings. The van der Waals surface area contributed by atoms with E-state index in [9.17, 15) is 18.0 Å². The molecule has 4 N–H and O–H groups in total. The molecule has 0 saturated carbocycles. The number of nitrogens with two attached hydrogens (primary N) is 1. The summed E-state index contributed by atoms with van der Waals surface area (Å²) < 4.78 is 26.8. The number of nitrogens with zero attached hydrogens (tertiary/aromatic N) is 1. The smallest absolute Gasteiger partial charge is 0.312 e. The third-order valence-corrected chi connectivity index (χ3v) is 6.14. The summed E-state index contributed by atoms with van der Waals surface area (Å²) in [6.45, 7) is 3.80. The number of anilines is 1. The fourth-order valence-corrected chi connectivity index (χ4v) is 3.88. The van der Waals surface area contributed by atoms with E-state index in [0.717, 1.165) is 5.56 Å². The minimum Gasteiger partial charge on any atom is -0.352 e. The minimum absolute atomic E-state index is 0.115. The number of primary amides is 1. The molecule has 156 valence electrons. The van der Waals surface area contributed by atoms with E-state index in [1.165, 1.54) is 35.6 Å². The SMILES string of the molecule is CC(C)[C@@H](NC(N)=O)C(=O)Nc1ccc(S(=O)(=O)N(C)Cc2ccccc2)cc1. The first kappa shape index (κ1) is 22.4. The van der Waals surface area contributed by atoms with Gasteiger partial charge in [-0.15, -0.1) is 0 Å². The van der Waals surface area contributed by atoms with Crippen molar-refractivity contribution in [1.29, 1.82) is 0 Å². The van der Waals surface area contributed by atoms with Crippen LogP contribution in [0.15, 0.2) is 59.5 Å². The van der Waals surface area contributed by atoms with E-state index in [1.54, 1.807) is 13.8 Å². The zero-order valence-corrected chi connectivity index (χ0v) is 17.4. The summed E-state index contributed by atoms with van der Waals surface area (Å²) in [5.41, 5.74) is 6.40. The molecule has 0 aliphatic rings. The molecule has 0 unspecified atom stereocenters. The number of carbonyl (C=O) groups is 2. The van der Waals surface area contributed by atoms with Crippen LogP contribution in [0, 0.1) is 5.92 Å². The summed E-state index contributed by atoms with van der Waals surface area (Å²) in [7, 11) is -2.17. The third kappa shape index (κ3) is 6.03. The van der Waals surface area contributed by atoms with Crippen molar-refractivity contribution in [3.05, 3.63) is 60.2 Å². The Morgan fingerprint density at radius 3 is 2.14 bits per heavy atom. The predicted molar refractivity (Wildman–Crippen MR) is 112 cm³/mol. The van der Waals surface area contributed by atoms with Crippen molar-refractivity contribution in [3.63, 3.8) is 0 Å². The van der Waals surface area contributed by atoms with Gasteiger partial charge in [0.2, 0.25) is 15.9 Å². The van der Waals surface area contributed by atoms with E-state index in [-0.39, 0.29) is 17.4 Å². The second-order valence-corrected chi connectivity index (χ2v) is 9.04. The topological polar surface area (TPSA) is 122 Å².